The summed E-state index contributed by atoms with van der Waals surface area (Å²) < 4.78 is 52.2. The monoisotopic (exact) mass is 261 g/mol. The Bertz CT molecular complexity index is 564. The van der Waals surface area contributed by atoms with Crippen molar-refractivity contribution in [2.75, 3.05) is 0 Å². The molecule has 0 radical (unpaired) electrons. The van der Waals surface area contributed by atoms with Gasteiger partial charge in [0.25, 0.3) is 0 Å². The number of hydrogen-bond donors (Lipinski definition) is 1. The summed E-state index contributed by atoms with van der Waals surface area (Å²) in [6.45, 7) is -0.927. The minimum atomic E-state index is -4.79. The maximum absolute atomic E-state index is 13.4. The molecule has 18 heavy (non-hydrogen) atoms. The smallest absolute Gasteiger partial charge is 0.390 e. The molecule has 96 valence electrons. The lowest BCUT2D eigenvalue weighted by molar-refractivity contribution is -0.144. The molecule has 0 aliphatic heterocycles. The van der Waals surface area contributed by atoms with Gasteiger partial charge in [-0.1, -0.05) is 17.3 Å². The van der Waals surface area contributed by atoms with E-state index < -0.39 is 30.0 Å². The zero-order valence-electron chi connectivity index (χ0n) is 8.82. The minimum absolute atomic E-state index is 0.334. The lowest BCUT2D eigenvalue weighted by atomic mass is 10.2. The highest BCUT2D eigenvalue weighted by Gasteiger charge is 2.39. The Morgan fingerprint density at radius 1 is 1.22 bits per heavy atom. The summed E-state index contributed by atoms with van der Waals surface area (Å²) in [5.41, 5.74) is -2.31. The van der Waals surface area contributed by atoms with Crippen molar-refractivity contribution in [3.8, 4) is 5.69 Å². The molecule has 2 rings (SSSR count). The fourth-order valence-electron chi connectivity index (χ4n) is 1.50. The lowest BCUT2D eigenvalue weighted by Crippen LogP contribution is -2.16. The summed E-state index contributed by atoms with van der Waals surface area (Å²) in [6, 6.07) is 4.87. The molecule has 1 aromatic heterocycles. The van der Waals surface area contributed by atoms with Crippen LogP contribution in [-0.2, 0) is 12.8 Å². The van der Waals surface area contributed by atoms with Gasteiger partial charge < -0.3 is 5.11 Å². The summed E-state index contributed by atoms with van der Waals surface area (Å²) in [4.78, 5) is 0. The summed E-state index contributed by atoms with van der Waals surface area (Å²) in [5, 5.41) is 15.2. The van der Waals surface area contributed by atoms with Crippen molar-refractivity contribution < 1.29 is 22.7 Å². The minimum Gasteiger partial charge on any atom is -0.390 e. The topological polar surface area (TPSA) is 50.9 Å². The zero-order chi connectivity index (χ0) is 13.3. The second kappa shape index (κ2) is 4.37. The first-order chi connectivity index (χ1) is 8.45. The Labute approximate surface area is 98.5 Å². The second-order valence-electron chi connectivity index (χ2n) is 3.40. The molecule has 1 heterocycles. The normalized spacial score (nSPS) is 11.8. The number of hydrogen-bond acceptors (Lipinski definition) is 3. The number of aliphatic hydroxyl groups excluding tert-OH is 1. The van der Waals surface area contributed by atoms with Crippen LogP contribution in [0, 0.1) is 5.82 Å². The third kappa shape index (κ3) is 2.06. The van der Waals surface area contributed by atoms with Gasteiger partial charge in [0, 0.05) is 0 Å². The molecule has 0 atom stereocenters. The Morgan fingerprint density at radius 2 is 1.89 bits per heavy atom. The number of rotatable bonds is 2. The van der Waals surface area contributed by atoms with Gasteiger partial charge in [0.1, 0.15) is 17.2 Å². The van der Waals surface area contributed by atoms with Crippen LogP contribution in [-0.4, -0.2) is 20.1 Å². The van der Waals surface area contributed by atoms with E-state index in [0.29, 0.717) is 4.68 Å². The van der Waals surface area contributed by atoms with E-state index in [1.165, 1.54) is 12.1 Å². The van der Waals surface area contributed by atoms with E-state index in [9.17, 15) is 17.6 Å². The van der Waals surface area contributed by atoms with E-state index in [-0.39, 0.29) is 5.69 Å². The Balaban J connectivity index is 2.66. The molecule has 1 N–H and O–H groups in total. The predicted octanol–water partition coefficient (Wildman–Crippen LogP) is 1.92. The van der Waals surface area contributed by atoms with Gasteiger partial charge in [0.05, 0.1) is 6.61 Å². The summed E-state index contributed by atoms with van der Waals surface area (Å²) in [5.74, 6) is -0.864. The van der Waals surface area contributed by atoms with Gasteiger partial charge >= 0.3 is 6.18 Å². The molecule has 0 bridgehead atoms. The second-order valence-corrected chi connectivity index (χ2v) is 3.40. The van der Waals surface area contributed by atoms with Gasteiger partial charge in [-0.05, 0) is 12.1 Å². The van der Waals surface area contributed by atoms with Gasteiger partial charge in [0.2, 0.25) is 0 Å². The Kier molecular flexibility index (Phi) is 3.04. The third-order valence-corrected chi connectivity index (χ3v) is 2.24. The standard InChI is InChI=1S/C10H7F4N3O/c11-6-3-1-2-4-8(6)17-9(10(12,13)14)7(5-18)15-16-17/h1-4,18H,5H2. The molecule has 0 aliphatic rings. The number of benzene rings is 1. The average Bonchev–Trinajstić information content (AvgIpc) is 2.73. The molecule has 0 saturated carbocycles. The SMILES string of the molecule is OCc1nnn(-c2ccccc2F)c1C(F)(F)F. The molecule has 0 amide bonds. The number of nitrogens with zero attached hydrogens (tertiary/aromatic N) is 3. The summed E-state index contributed by atoms with van der Waals surface area (Å²) >= 11 is 0. The first-order valence-corrected chi connectivity index (χ1v) is 4.82. The van der Waals surface area contributed by atoms with Crippen molar-refractivity contribution in [3.63, 3.8) is 0 Å². The van der Waals surface area contributed by atoms with Crippen LogP contribution in [0.15, 0.2) is 24.3 Å². The van der Waals surface area contributed by atoms with Crippen LogP contribution in [0.5, 0.6) is 0 Å². The van der Waals surface area contributed by atoms with Crippen LogP contribution < -0.4 is 0 Å². The molecule has 4 nitrogen and oxygen atoms in total. The van der Waals surface area contributed by atoms with Crippen molar-refractivity contribution in [1.29, 1.82) is 0 Å². The van der Waals surface area contributed by atoms with E-state index in [1.807, 2.05) is 0 Å². The number of alkyl halides is 3. The number of halogens is 4. The van der Waals surface area contributed by atoms with Crippen LogP contribution >= 0.6 is 0 Å². The largest absolute Gasteiger partial charge is 0.435 e. The van der Waals surface area contributed by atoms with Crippen molar-refractivity contribution >= 4 is 0 Å². The molecule has 8 heteroatoms. The van der Waals surface area contributed by atoms with Crippen molar-refractivity contribution in [1.82, 2.24) is 15.0 Å². The molecule has 1 aromatic carbocycles. The quantitative estimate of drug-likeness (QED) is 0.840. The zero-order valence-corrected chi connectivity index (χ0v) is 8.82. The Hall–Kier alpha value is -1.96. The van der Waals surface area contributed by atoms with E-state index in [0.717, 1.165) is 12.1 Å². The molecule has 0 saturated heterocycles. The van der Waals surface area contributed by atoms with Gasteiger partial charge in [-0.25, -0.2) is 9.07 Å². The fourth-order valence-corrected chi connectivity index (χ4v) is 1.50. The van der Waals surface area contributed by atoms with Crippen molar-refractivity contribution in [2.24, 2.45) is 0 Å². The van der Waals surface area contributed by atoms with Gasteiger partial charge in [-0.2, -0.15) is 13.2 Å². The maximum atomic E-state index is 13.4. The highest BCUT2D eigenvalue weighted by atomic mass is 19.4. The molecule has 0 unspecified atom stereocenters. The fraction of sp³-hybridized carbons (Fsp3) is 0.200. The molecule has 2 aromatic rings. The van der Waals surface area contributed by atoms with Crippen LogP contribution in [0.25, 0.3) is 5.69 Å². The van der Waals surface area contributed by atoms with Crippen LogP contribution in [0.3, 0.4) is 0 Å². The molecular weight excluding hydrogens is 254 g/mol. The molecule has 0 aliphatic carbocycles. The lowest BCUT2D eigenvalue weighted by Gasteiger charge is -2.10. The molecule has 0 spiro atoms. The predicted molar refractivity (Wildman–Crippen MR) is 52.2 cm³/mol. The van der Waals surface area contributed by atoms with E-state index >= 15 is 0 Å². The van der Waals surface area contributed by atoms with Crippen LogP contribution in [0.4, 0.5) is 17.6 Å². The van der Waals surface area contributed by atoms with E-state index in [4.69, 9.17) is 5.11 Å². The number of aliphatic hydroxyl groups is 1. The Morgan fingerprint density at radius 3 is 2.44 bits per heavy atom. The van der Waals surface area contributed by atoms with Crippen LogP contribution in [0.1, 0.15) is 11.4 Å². The summed E-state index contributed by atoms with van der Waals surface area (Å²) in [6.07, 6.45) is -4.79. The van der Waals surface area contributed by atoms with Gasteiger partial charge in [-0.3, -0.25) is 0 Å². The maximum Gasteiger partial charge on any atom is 0.435 e. The van der Waals surface area contributed by atoms with E-state index in [1.54, 1.807) is 0 Å². The third-order valence-electron chi connectivity index (χ3n) is 2.24. The number of aromatic nitrogens is 3. The van der Waals surface area contributed by atoms with Gasteiger partial charge in [0.15, 0.2) is 5.69 Å². The summed E-state index contributed by atoms with van der Waals surface area (Å²) in [7, 11) is 0. The highest BCUT2D eigenvalue weighted by molar-refractivity contribution is 5.35. The highest BCUT2D eigenvalue weighted by Crippen LogP contribution is 2.33. The van der Waals surface area contributed by atoms with Gasteiger partial charge in [-0.15, -0.1) is 5.10 Å². The molecular formula is C10H7F4N3O. The molecule has 0 fully saturated rings. The van der Waals surface area contributed by atoms with E-state index in [2.05, 4.69) is 10.3 Å². The average molecular weight is 261 g/mol. The first-order valence-electron chi connectivity index (χ1n) is 4.82. The van der Waals surface area contributed by atoms with Crippen molar-refractivity contribution in [3.05, 3.63) is 41.5 Å². The van der Waals surface area contributed by atoms with Crippen LogP contribution in [0.2, 0.25) is 0 Å². The van der Waals surface area contributed by atoms with Crippen molar-refractivity contribution in [2.45, 2.75) is 12.8 Å². The number of para-hydroxylation sites is 1. The first kappa shape index (κ1) is 12.5.